The minimum absolute atomic E-state index is 0.0296. The molecule has 4 aromatic rings. The Hall–Kier alpha value is -3.97. The van der Waals surface area contributed by atoms with Gasteiger partial charge in [-0.2, -0.15) is 9.97 Å². The molecule has 0 spiro atoms. The Morgan fingerprint density at radius 1 is 0.674 bits per heavy atom. The Balaban J connectivity index is 0.993. The number of hydrogen-bond acceptors (Lipinski definition) is 9. The second-order valence-electron chi connectivity index (χ2n) is 12.1. The average Bonchev–Trinajstić information content (AvgIpc) is 3.75. The van der Waals surface area contributed by atoms with Gasteiger partial charge in [0.2, 0.25) is 11.8 Å². The van der Waals surface area contributed by atoms with Crippen molar-refractivity contribution in [3.05, 3.63) is 94.7 Å². The molecule has 2 fully saturated rings. The number of piperidine rings is 2. The van der Waals surface area contributed by atoms with E-state index in [0.29, 0.717) is 88.1 Å². The number of halogens is 4. The lowest BCUT2D eigenvalue weighted by Gasteiger charge is -2.39. The highest BCUT2D eigenvalue weighted by molar-refractivity contribution is 5.89. The fourth-order valence-corrected chi connectivity index (χ4v) is 6.43. The van der Waals surface area contributed by atoms with Gasteiger partial charge in [0, 0.05) is 24.7 Å². The van der Waals surface area contributed by atoms with Crippen LogP contribution in [-0.2, 0) is 17.6 Å². The Morgan fingerprint density at radius 2 is 1.04 bits per heavy atom. The van der Waals surface area contributed by atoms with Crippen molar-refractivity contribution in [2.24, 2.45) is 0 Å². The van der Waals surface area contributed by atoms with E-state index in [0.717, 1.165) is 11.1 Å². The van der Waals surface area contributed by atoms with E-state index in [-0.39, 0.29) is 23.5 Å². The minimum Gasteiger partial charge on any atom is -0.339 e. The molecule has 0 aliphatic carbocycles. The van der Waals surface area contributed by atoms with E-state index in [4.69, 9.17) is 9.05 Å². The molecule has 2 unspecified atom stereocenters. The highest BCUT2D eigenvalue weighted by atomic mass is 19.1. The van der Waals surface area contributed by atoms with Crippen molar-refractivity contribution in [2.45, 2.75) is 62.4 Å². The summed E-state index contributed by atoms with van der Waals surface area (Å²) in [5.41, 5.74) is 1.73. The van der Waals surface area contributed by atoms with Crippen molar-refractivity contribution in [3.63, 3.8) is 0 Å². The van der Waals surface area contributed by atoms with E-state index >= 15 is 0 Å². The van der Waals surface area contributed by atoms with Gasteiger partial charge >= 0.3 is 0 Å². The summed E-state index contributed by atoms with van der Waals surface area (Å²) in [6, 6.07) is 10.2. The van der Waals surface area contributed by atoms with Crippen LogP contribution in [0.4, 0.5) is 17.6 Å². The molecule has 0 saturated carbocycles. The number of benzene rings is 2. The van der Waals surface area contributed by atoms with Crippen molar-refractivity contribution in [3.8, 4) is 0 Å². The van der Waals surface area contributed by atoms with Gasteiger partial charge in [-0.3, -0.25) is 14.6 Å². The van der Waals surface area contributed by atoms with Crippen LogP contribution in [0.1, 0.15) is 72.1 Å². The first kappa shape index (κ1) is 32.0. The minimum atomic E-state index is -1.03. The zero-order chi connectivity index (χ0) is 32.0. The molecule has 46 heavy (non-hydrogen) atoms. The van der Waals surface area contributed by atoms with Gasteiger partial charge < -0.3 is 9.05 Å². The highest BCUT2D eigenvalue weighted by Gasteiger charge is 2.39. The van der Waals surface area contributed by atoms with Crippen molar-refractivity contribution in [1.82, 2.24) is 30.1 Å². The Labute approximate surface area is 264 Å². The number of ketones is 1. The van der Waals surface area contributed by atoms with Crippen molar-refractivity contribution >= 4 is 5.78 Å². The fraction of sp³-hybridized carbons (Fsp3) is 0.485. The van der Waals surface area contributed by atoms with Crippen LogP contribution < -0.4 is 0 Å². The average molecular weight is 641 g/mol. The van der Waals surface area contributed by atoms with Crippen LogP contribution in [0.15, 0.2) is 57.6 Å². The quantitative estimate of drug-likeness (QED) is 0.193. The normalized spacial score (nSPS) is 18.5. The van der Waals surface area contributed by atoms with E-state index in [2.05, 4.69) is 20.3 Å². The molecule has 2 aromatic carbocycles. The van der Waals surface area contributed by atoms with Gasteiger partial charge in [-0.1, -0.05) is 34.6 Å². The summed E-state index contributed by atoms with van der Waals surface area (Å²) in [6.07, 6.45) is 3.22. The summed E-state index contributed by atoms with van der Waals surface area (Å²) in [6.45, 7) is -0.00795. The standard InChI is InChI=1S/C33H36F4N6O3/c34-19-27(42-13-9-23(10-14-42)32-38-29(40-45-32)17-21-1-5-25(36)6-2-21)31(44)28(20-35)43-15-11-24(12-16-43)33-39-30(41-46-33)18-22-3-7-26(37)8-4-22/h1-8,23-24,27-28H,9-20H2. The topological polar surface area (TPSA) is 101 Å². The maximum absolute atomic E-state index is 14.4. The van der Waals surface area contributed by atoms with E-state index in [1.165, 1.54) is 24.3 Å². The van der Waals surface area contributed by atoms with Gasteiger partial charge in [0.1, 0.15) is 25.0 Å². The number of rotatable bonds is 12. The van der Waals surface area contributed by atoms with E-state index in [1.807, 2.05) is 0 Å². The maximum atomic E-state index is 14.4. The van der Waals surface area contributed by atoms with E-state index < -0.39 is 31.2 Å². The lowest BCUT2D eigenvalue weighted by molar-refractivity contribution is -0.132. The third-order valence-corrected chi connectivity index (χ3v) is 9.11. The molecule has 0 amide bonds. The van der Waals surface area contributed by atoms with Gasteiger partial charge in [-0.05, 0) is 87.3 Å². The molecule has 4 heterocycles. The first-order valence-corrected chi connectivity index (χ1v) is 15.7. The third kappa shape index (κ3) is 7.52. The number of hydrogen-bond donors (Lipinski definition) is 0. The lowest BCUT2D eigenvalue weighted by Crippen LogP contribution is -2.56. The molecule has 2 aromatic heterocycles. The monoisotopic (exact) mass is 640 g/mol. The zero-order valence-electron chi connectivity index (χ0n) is 25.3. The van der Waals surface area contributed by atoms with Crippen molar-refractivity contribution < 1.29 is 31.4 Å². The largest absolute Gasteiger partial charge is 0.339 e. The molecule has 0 bridgehead atoms. The van der Waals surface area contributed by atoms with Crippen LogP contribution in [0.3, 0.4) is 0 Å². The van der Waals surface area contributed by atoms with Gasteiger partial charge in [0.05, 0.1) is 12.1 Å². The predicted molar refractivity (Wildman–Crippen MR) is 159 cm³/mol. The summed E-state index contributed by atoms with van der Waals surface area (Å²) in [5.74, 6) is 0.859. The van der Waals surface area contributed by atoms with Gasteiger partial charge in [0.25, 0.3) is 0 Å². The molecule has 244 valence electrons. The molecule has 0 N–H and O–H groups in total. The van der Waals surface area contributed by atoms with Crippen LogP contribution >= 0.6 is 0 Å². The number of aromatic nitrogens is 4. The number of nitrogens with zero attached hydrogens (tertiary/aromatic N) is 6. The molecule has 2 saturated heterocycles. The van der Waals surface area contributed by atoms with Gasteiger partial charge in [0.15, 0.2) is 17.4 Å². The predicted octanol–water partition coefficient (Wildman–Crippen LogP) is 5.22. The molecule has 2 aliphatic heterocycles. The van der Waals surface area contributed by atoms with E-state index in [1.54, 1.807) is 34.1 Å². The fourth-order valence-electron chi connectivity index (χ4n) is 6.43. The highest BCUT2D eigenvalue weighted by Crippen LogP contribution is 2.31. The molecule has 13 heteroatoms. The Bertz CT molecular complexity index is 1450. The van der Waals surface area contributed by atoms with Gasteiger partial charge in [-0.25, -0.2) is 17.6 Å². The van der Waals surface area contributed by atoms with Crippen molar-refractivity contribution in [2.75, 3.05) is 39.5 Å². The molecule has 9 nitrogen and oxygen atoms in total. The van der Waals surface area contributed by atoms with Crippen LogP contribution in [0.25, 0.3) is 0 Å². The molecule has 6 rings (SSSR count). The van der Waals surface area contributed by atoms with Crippen LogP contribution in [0.2, 0.25) is 0 Å². The first-order valence-electron chi connectivity index (χ1n) is 15.7. The SMILES string of the molecule is O=C(C(CF)N1CCC(c2nc(Cc3ccc(F)cc3)no2)CC1)C(CF)N1CCC(c2nc(Cc3ccc(F)cc3)no2)CC1. The maximum Gasteiger partial charge on any atom is 0.229 e. The molecule has 2 atom stereocenters. The molecule has 0 radical (unpaired) electrons. The smallest absolute Gasteiger partial charge is 0.229 e. The summed E-state index contributed by atoms with van der Waals surface area (Å²) < 4.78 is 66.1. The third-order valence-electron chi connectivity index (χ3n) is 9.11. The number of alkyl halides is 2. The van der Waals surface area contributed by atoms with Crippen molar-refractivity contribution in [1.29, 1.82) is 0 Å². The van der Waals surface area contributed by atoms with Gasteiger partial charge in [-0.15, -0.1) is 0 Å². The summed E-state index contributed by atoms with van der Waals surface area (Å²) in [5, 5.41) is 8.12. The molecule has 2 aliphatic rings. The first-order chi connectivity index (χ1) is 22.4. The number of carbonyl (C=O) groups excluding carboxylic acids is 1. The van der Waals surface area contributed by atoms with Crippen LogP contribution in [0, 0.1) is 11.6 Å². The summed E-state index contributed by atoms with van der Waals surface area (Å²) >= 11 is 0. The Morgan fingerprint density at radius 3 is 1.39 bits per heavy atom. The summed E-state index contributed by atoms with van der Waals surface area (Å²) in [7, 11) is 0. The molecular formula is C33H36F4N6O3. The second-order valence-corrected chi connectivity index (χ2v) is 12.1. The number of Topliss-reactive ketones (excluding diaryl/α,β-unsaturated/α-hetero) is 1. The van der Waals surface area contributed by atoms with Crippen LogP contribution in [-0.4, -0.2) is 87.5 Å². The second kappa shape index (κ2) is 14.6. The zero-order valence-corrected chi connectivity index (χ0v) is 25.3. The van der Waals surface area contributed by atoms with Crippen LogP contribution in [0.5, 0.6) is 0 Å². The Kier molecular flexibility index (Phi) is 10.2. The molecular weight excluding hydrogens is 604 g/mol. The van der Waals surface area contributed by atoms with E-state index in [9.17, 15) is 22.4 Å². The summed E-state index contributed by atoms with van der Waals surface area (Å²) in [4.78, 5) is 26.1. The lowest BCUT2D eigenvalue weighted by atomic mass is 9.92. The number of likely N-dealkylation sites (tertiary alicyclic amines) is 2. The number of carbonyl (C=O) groups is 1.